The van der Waals surface area contributed by atoms with Gasteiger partial charge in [-0.05, 0) is 12.1 Å². The van der Waals surface area contributed by atoms with Gasteiger partial charge in [-0.25, -0.2) is 0 Å². The maximum absolute atomic E-state index is 5.22. The number of hydrogen-bond donors (Lipinski definition) is 2. The molecule has 2 heteroatoms. The molecule has 0 bridgehead atoms. The normalized spacial score (nSPS) is 8.33. The lowest BCUT2D eigenvalue weighted by molar-refractivity contribution is 1.42. The van der Waals surface area contributed by atoms with Crippen molar-refractivity contribution in [3.63, 3.8) is 0 Å². The molecule has 2 nitrogen and oxygen atoms in total. The molecule has 0 aliphatic heterocycles. The van der Waals surface area contributed by atoms with Crippen molar-refractivity contribution >= 4 is 5.82 Å². The third-order valence-electron chi connectivity index (χ3n) is 1.29. The van der Waals surface area contributed by atoms with Crippen LogP contribution in [-0.2, 0) is 0 Å². The molecular weight excluding hydrogens is 148 g/mol. The molecule has 0 aliphatic rings. The largest absolute Gasteiger partial charge is 0.385 e. The fraction of sp³-hybridized carbons (Fsp3) is 0. The Morgan fingerprint density at radius 2 is 1.33 bits per heavy atom. The van der Waals surface area contributed by atoms with E-state index in [0.29, 0.717) is 0 Å². The number of hydrogen-bond acceptors (Lipinski definition) is 1. The van der Waals surface area contributed by atoms with Crippen LogP contribution in [0, 0.1) is 0 Å². The summed E-state index contributed by atoms with van der Waals surface area (Å²) in [6.07, 6.45) is 1.79. The van der Waals surface area contributed by atoms with E-state index in [0.717, 1.165) is 5.82 Å². The van der Waals surface area contributed by atoms with Gasteiger partial charge < -0.3 is 10.7 Å². The molecule has 0 aliphatic carbocycles. The van der Waals surface area contributed by atoms with Crippen molar-refractivity contribution in [2.75, 3.05) is 5.73 Å². The summed E-state index contributed by atoms with van der Waals surface area (Å²) in [6, 6.07) is 15.7. The molecule has 0 amide bonds. The molecule has 1 heterocycles. The molecule has 0 atom stereocenters. The number of H-pyrrole nitrogens is 1. The molecule has 2 aromatic rings. The smallest absolute Gasteiger partial charge is 0.100 e. The van der Waals surface area contributed by atoms with Crippen molar-refractivity contribution in [3.05, 3.63) is 54.7 Å². The summed E-state index contributed by atoms with van der Waals surface area (Å²) in [7, 11) is 0. The van der Waals surface area contributed by atoms with Gasteiger partial charge in [-0.3, -0.25) is 0 Å². The first-order chi connectivity index (χ1) is 5.89. The summed E-state index contributed by atoms with van der Waals surface area (Å²) in [6.45, 7) is 0. The zero-order valence-electron chi connectivity index (χ0n) is 6.77. The molecular formula is C10H12N2. The molecule has 3 N–H and O–H groups in total. The van der Waals surface area contributed by atoms with E-state index in [1.165, 1.54) is 0 Å². The molecule has 0 radical (unpaired) electrons. The Bertz CT molecular complexity index is 247. The number of benzene rings is 1. The number of nitrogens with one attached hydrogen (secondary N) is 1. The zero-order valence-corrected chi connectivity index (χ0v) is 6.77. The highest BCUT2D eigenvalue weighted by atomic mass is 14.8. The second kappa shape index (κ2) is 5.02. The average molecular weight is 160 g/mol. The molecule has 1 aromatic carbocycles. The van der Waals surface area contributed by atoms with Crippen LogP contribution >= 0.6 is 0 Å². The first kappa shape index (κ1) is 8.40. The lowest BCUT2D eigenvalue weighted by atomic mass is 10.4. The Labute approximate surface area is 72.0 Å². The van der Waals surface area contributed by atoms with Crippen molar-refractivity contribution in [3.8, 4) is 0 Å². The fourth-order valence-electron chi connectivity index (χ4n) is 0.729. The zero-order chi connectivity index (χ0) is 8.65. The lowest BCUT2D eigenvalue weighted by Crippen LogP contribution is -1.79. The van der Waals surface area contributed by atoms with Crippen LogP contribution in [0.25, 0.3) is 0 Å². The molecule has 1 aromatic heterocycles. The van der Waals surface area contributed by atoms with E-state index in [1.54, 1.807) is 12.3 Å². The van der Waals surface area contributed by atoms with Crippen molar-refractivity contribution in [1.29, 1.82) is 0 Å². The van der Waals surface area contributed by atoms with Crippen molar-refractivity contribution in [1.82, 2.24) is 4.98 Å². The van der Waals surface area contributed by atoms with E-state index >= 15 is 0 Å². The predicted molar refractivity (Wildman–Crippen MR) is 51.6 cm³/mol. The lowest BCUT2D eigenvalue weighted by Gasteiger charge is -1.72. The van der Waals surface area contributed by atoms with Crippen LogP contribution in [-0.4, -0.2) is 4.98 Å². The number of rotatable bonds is 0. The second-order valence-electron chi connectivity index (χ2n) is 2.28. The van der Waals surface area contributed by atoms with Crippen LogP contribution in [0.2, 0.25) is 0 Å². The van der Waals surface area contributed by atoms with Crippen LogP contribution in [0.3, 0.4) is 0 Å². The molecule has 0 unspecified atom stereocenters. The number of aromatic nitrogens is 1. The van der Waals surface area contributed by atoms with Crippen molar-refractivity contribution < 1.29 is 0 Å². The fourth-order valence-corrected chi connectivity index (χ4v) is 0.729. The van der Waals surface area contributed by atoms with Crippen LogP contribution in [0.5, 0.6) is 0 Å². The average Bonchev–Trinajstić information content (AvgIpc) is 2.60. The Balaban J connectivity index is 0.000000120. The van der Waals surface area contributed by atoms with Crippen LogP contribution in [0.15, 0.2) is 54.7 Å². The molecule has 62 valence electrons. The first-order valence-electron chi connectivity index (χ1n) is 3.78. The van der Waals surface area contributed by atoms with Crippen molar-refractivity contribution in [2.45, 2.75) is 0 Å². The minimum Gasteiger partial charge on any atom is -0.385 e. The molecule has 0 saturated heterocycles. The van der Waals surface area contributed by atoms with Gasteiger partial charge >= 0.3 is 0 Å². The van der Waals surface area contributed by atoms with Crippen LogP contribution in [0.4, 0.5) is 5.82 Å². The highest BCUT2D eigenvalue weighted by molar-refractivity contribution is 5.26. The van der Waals surface area contributed by atoms with Gasteiger partial charge in [-0.2, -0.15) is 0 Å². The van der Waals surface area contributed by atoms with Gasteiger partial charge in [0.25, 0.3) is 0 Å². The summed E-state index contributed by atoms with van der Waals surface area (Å²) in [4.78, 5) is 2.78. The Morgan fingerprint density at radius 3 is 1.50 bits per heavy atom. The van der Waals surface area contributed by atoms with Gasteiger partial charge in [-0.1, -0.05) is 36.4 Å². The number of nitrogen functional groups attached to an aromatic ring is 1. The molecule has 0 fully saturated rings. The summed E-state index contributed by atoms with van der Waals surface area (Å²) in [5.41, 5.74) is 5.22. The predicted octanol–water partition coefficient (Wildman–Crippen LogP) is 2.28. The van der Waals surface area contributed by atoms with Gasteiger partial charge in [0.1, 0.15) is 5.82 Å². The molecule has 0 spiro atoms. The number of anilines is 1. The van der Waals surface area contributed by atoms with Gasteiger partial charge in [0.05, 0.1) is 0 Å². The van der Waals surface area contributed by atoms with E-state index in [4.69, 9.17) is 5.73 Å². The SMILES string of the molecule is Nc1ccc[nH]1.c1ccccc1. The first-order valence-corrected chi connectivity index (χ1v) is 3.78. The highest BCUT2D eigenvalue weighted by Crippen LogP contribution is 1.90. The third kappa shape index (κ3) is 3.46. The van der Waals surface area contributed by atoms with Crippen LogP contribution in [0.1, 0.15) is 0 Å². The standard InChI is InChI=1S/C6H6.C4H6N2/c1-2-4-6-5-3-1;5-4-2-1-3-6-4/h1-6H;1-3,6H,5H2. The highest BCUT2D eigenvalue weighted by Gasteiger charge is 1.72. The van der Waals surface area contributed by atoms with Gasteiger partial charge in [-0.15, -0.1) is 0 Å². The van der Waals surface area contributed by atoms with Crippen LogP contribution < -0.4 is 5.73 Å². The summed E-state index contributed by atoms with van der Waals surface area (Å²) in [5.74, 6) is 0.718. The summed E-state index contributed by atoms with van der Waals surface area (Å²) >= 11 is 0. The van der Waals surface area contributed by atoms with E-state index < -0.39 is 0 Å². The van der Waals surface area contributed by atoms with Gasteiger partial charge in [0.15, 0.2) is 0 Å². The molecule has 2 rings (SSSR count). The van der Waals surface area contributed by atoms with Gasteiger partial charge in [0, 0.05) is 6.20 Å². The molecule has 0 saturated carbocycles. The Kier molecular flexibility index (Phi) is 3.51. The minimum absolute atomic E-state index is 0.718. The van der Waals surface area contributed by atoms with E-state index in [2.05, 4.69) is 4.98 Å². The third-order valence-corrected chi connectivity index (χ3v) is 1.29. The number of nitrogens with two attached hydrogens (primary N) is 1. The number of aromatic amines is 1. The Hall–Kier alpha value is -1.70. The minimum atomic E-state index is 0.718. The van der Waals surface area contributed by atoms with E-state index in [-0.39, 0.29) is 0 Å². The van der Waals surface area contributed by atoms with Gasteiger partial charge in [0.2, 0.25) is 0 Å². The second-order valence-corrected chi connectivity index (χ2v) is 2.28. The van der Waals surface area contributed by atoms with E-state index in [1.807, 2.05) is 42.5 Å². The quantitative estimate of drug-likeness (QED) is 0.610. The maximum atomic E-state index is 5.22. The maximum Gasteiger partial charge on any atom is 0.100 e. The summed E-state index contributed by atoms with van der Waals surface area (Å²) < 4.78 is 0. The topological polar surface area (TPSA) is 41.8 Å². The van der Waals surface area contributed by atoms with E-state index in [9.17, 15) is 0 Å². The molecule has 12 heavy (non-hydrogen) atoms. The van der Waals surface area contributed by atoms with Crippen molar-refractivity contribution in [2.24, 2.45) is 0 Å². The summed E-state index contributed by atoms with van der Waals surface area (Å²) in [5, 5.41) is 0. The monoisotopic (exact) mass is 160 g/mol. The Morgan fingerprint density at radius 1 is 0.833 bits per heavy atom.